The monoisotopic (exact) mass is 241 g/mol. The summed E-state index contributed by atoms with van der Waals surface area (Å²) in [6, 6.07) is 7.82. The fourth-order valence-corrected chi connectivity index (χ4v) is 1.68. The van der Waals surface area contributed by atoms with Gasteiger partial charge in [0.15, 0.2) is 0 Å². The average Bonchev–Trinajstić information content (AvgIpc) is 2.37. The summed E-state index contributed by atoms with van der Waals surface area (Å²) in [5.41, 5.74) is 1.13. The van der Waals surface area contributed by atoms with E-state index in [0.717, 1.165) is 23.7 Å². The molecule has 0 aromatic heterocycles. The van der Waals surface area contributed by atoms with Gasteiger partial charge in [-0.3, -0.25) is 0 Å². The summed E-state index contributed by atoms with van der Waals surface area (Å²) in [6.45, 7) is 1.60. The molecule has 0 N–H and O–H groups in total. The number of allylic oxidation sites excluding steroid dienone is 2. The molecular formula is C15H12ClN. The van der Waals surface area contributed by atoms with Crippen LogP contribution in [0, 0.1) is 23.7 Å². The quantitative estimate of drug-likeness (QED) is 0.683. The highest BCUT2D eigenvalue weighted by molar-refractivity contribution is 6.30. The number of halogens is 1. The summed E-state index contributed by atoms with van der Waals surface area (Å²) in [7, 11) is 0. The van der Waals surface area contributed by atoms with E-state index in [1.54, 1.807) is 12.2 Å². The van der Waals surface area contributed by atoms with E-state index >= 15 is 0 Å². The molecule has 1 aromatic carbocycles. The first-order chi connectivity index (χ1) is 8.36. The first-order valence-electron chi connectivity index (χ1n) is 5.48. The van der Waals surface area contributed by atoms with Crippen LogP contribution in [-0.2, 0) is 0 Å². The highest BCUT2D eigenvalue weighted by Crippen LogP contribution is 2.17. The first kappa shape index (κ1) is 11.6. The van der Waals surface area contributed by atoms with Crippen LogP contribution in [0.4, 0.5) is 5.69 Å². The highest BCUT2D eigenvalue weighted by atomic mass is 35.5. The average molecular weight is 242 g/mol. The molecule has 0 atom stereocenters. The molecule has 0 fully saturated rings. The molecule has 2 heteroatoms. The van der Waals surface area contributed by atoms with Gasteiger partial charge in [-0.2, -0.15) is 0 Å². The van der Waals surface area contributed by atoms with Crippen molar-refractivity contribution in [2.45, 2.75) is 6.42 Å². The van der Waals surface area contributed by atoms with Gasteiger partial charge in [0.25, 0.3) is 0 Å². The van der Waals surface area contributed by atoms with Crippen molar-refractivity contribution < 1.29 is 0 Å². The molecule has 2 rings (SSSR count). The van der Waals surface area contributed by atoms with Crippen LogP contribution in [0.15, 0.2) is 36.4 Å². The van der Waals surface area contributed by atoms with Crippen LogP contribution in [0.2, 0.25) is 5.02 Å². The Morgan fingerprint density at radius 2 is 1.71 bits per heavy atom. The van der Waals surface area contributed by atoms with Crippen LogP contribution in [0.5, 0.6) is 0 Å². The third-order valence-corrected chi connectivity index (χ3v) is 2.67. The lowest BCUT2D eigenvalue weighted by Crippen LogP contribution is -2.24. The van der Waals surface area contributed by atoms with Gasteiger partial charge in [0, 0.05) is 23.7 Å². The number of nitrogens with zero attached hydrogens (tertiary/aromatic N) is 1. The van der Waals surface area contributed by atoms with E-state index in [2.05, 4.69) is 28.6 Å². The van der Waals surface area contributed by atoms with E-state index in [4.69, 9.17) is 11.6 Å². The van der Waals surface area contributed by atoms with Crippen LogP contribution in [0.1, 0.15) is 6.42 Å². The molecule has 0 amide bonds. The normalized spacial score (nSPS) is 16.2. The molecule has 0 spiro atoms. The molecule has 0 radical (unpaired) electrons. The molecule has 0 unspecified atom stereocenters. The number of hydrogen-bond donors (Lipinski definition) is 0. The number of rotatable bonds is 1. The van der Waals surface area contributed by atoms with Gasteiger partial charge in [-0.1, -0.05) is 35.3 Å². The zero-order valence-corrected chi connectivity index (χ0v) is 10.2. The Hall–Kier alpha value is -1.83. The Labute approximate surface area is 107 Å². The van der Waals surface area contributed by atoms with Crippen molar-refractivity contribution in [3.05, 3.63) is 41.4 Å². The van der Waals surface area contributed by atoms with Gasteiger partial charge >= 0.3 is 0 Å². The third kappa shape index (κ3) is 3.59. The second-order valence-electron chi connectivity index (χ2n) is 3.62. The third-order valence-electron chi connectivity index (χ3n) is 2.42. The SMILES string of the molecule is Clc1ccc(N2CC#C/C=C\C#CCC2)cc1. The maximum Gasteiger partial charge on any atom is 0.0798 e. The summed E-state index contributed by atoms with van der Waals surface area (Å²) >= 11 is 5.88. The van der Waals surface area contributed by atoms with E-state index in [0.29, 0.717) is 6.54 Å². The minimum atomic E-state index is 0.716. The Morgan fingerprint density at radius 1 is 1.00 bits per heavy atom. The topological polar surface area (TPSA) is 3.24 Å². The van der Waals surface area contributed by atoms with E-state index in [1.165, 1.54) is 0 Å². The summed E-state index contributed by atoms with van der Waals surface area (Å²) in [5.74, 6) is 12.1. The van der Waals surface area contributed by atoms with Gasteiger partial charge in [-0.25, -0.2) is 0 Å². The Morgan fingerprint density at radius 3 is 2.47 bits per heavy atom. The van der Waals surface area contributed by atoms with Crippen LogP contribution in [-0.4, -0.2) is 13.1 Å². The molecule has 0 aliphatic carbocycles. The summed E-state index contributed by atoms with van der Waals surface area (Å²) in [5, 5.41) is 0.753. The predicted molar refractivity (Wildman–Crippen MR) is 73.0 cm³/mol. The first-order valence-corrected chi connectivity index (χ1v) is 5.86. The Balaban J connectivity index is 2.17. The lowest BCUT2D eigenvalue weighted by atomic mass is 10.2. The molecule has 1 nitrogen and oxygen atoms in total. The lowest BCUT2D eigenvalue weighted by molar-refractivity contribution is 0.873. The number of hydrogen-bond acceptors (Lipinski definition) is 1. The second-order valence-corrected chi connectivity index (χ2v) is 4.06. The van der Waals surface area contributed by atoms with Crippen LogP contribution in [0.3, 0.4) is 0 Å². The Kier molecular flexibility index (Phi) is 4.14. The molecular weight excluding hydrogens is 230 g/mol. The fraction of sp³-hybridized carbons (Fsp3) is 0.200. The van der Waals surface area contributed by atoms with Crippen molar-refractivity contribution >= 4 is 17.3 Å². The van der Waals surface area contributed by atoms with Crippen LogP contribution < -0.4 is 4.90 Å². The van der Waals surface area contributed by atoms with Crippen molar-refractivity contribution in [3.63, 3.8) is 0 Å². The van der Waals surface area contributed by atoms with Gasteiger partial charge in [-0.05, 0) is 36.4 Å². The highest BCUT2D eigenvalue weighted by Gasteiger charge is 2.03. The molecule has 0 saturated carbocycles. The maximum absolute atomic E-state index is 5.88. The molecule has 1 aliphatic heterocycles. The van der Waals surface area contributed by atoms with Gasteiger partial charge in [-0.15, -0.1) is 0 Å². The fourth-order valence-electron chi connectivity index (χ4n) is 1.56. The van der Waals surface area contributed by atoms with Gasteiger partial charge < -0.3 is 4.90 Å². The zero-order chi connectivity index (χ0) is 11.9. The van der Waals surface area contributed by atoms with E-state index in [9.17, 15) is 0 Å². The van der Waals surface area contributed by atoms with Crippen molar-refractivity contribution in [3.8, 4) is 23.7 Å². The molecule has 17 heavy (non-hydrogen) atoms. The molecule has 84 valence electrons. The van der Waals surface area contributed by atoms with Crippen LogP contribution in [0.25, 0.3) is 0 Å². The van der Waals surface area contributed by atoms with E-state index in [1.807, 2.05) is 24.3 Å². The summed E-state index contributed by atoms with van der Waals surface area (Å²) in [6.07, 6.45) is 4.43. The maximum atomic E-state index is 5.88. The van der Waals surface area contributed by atoms with Crippen molar-refractivity contribution in [2.24, 2.45) is 0 Å². The van der Waals surface area contributed by atoms with Crippen molar-refractivity contribution in [1.29, 1.82) is 0 Å². The standard InChI is InChI=1S/C15H12ClN/c16-14-8-10-15(11-9-14)17-12-6-4-2-1-3-5-7-13-17/h1-2,8-11H,7,12-13H2/b2-1-. The summed E-state index contributed by atoms with van der Waals surface area (Å²) < 4.78 is 0. The van der Waals surface area contributed by atoms with Gasteiger partial charge in [0.1, 0.15) is 0 Å². The van der Waals surface area contributed by atoms with E-state index in [-0.39, 0.29) is 0 Å². The molecule has 1 aliphatic rings. The second kappa shape index (κ2) is 6.04. The molecule has 1 aromatic rings. The van der Waals surface area contributed by atoms with Crippen LogP contribution >= 0.6 is 11.6 Å². The predicted octanol–water partition coefficient (Wildman–Crippen LogP) is 3.11. The Bertz CT molecular complexity index is 520. The van der Waals surface area contributed by atoms with Gasteiger partial charge in [0.05, 0.1) is 6.54 Å². The number of anilines is 1. The summed E-state index contributed by atoms with van der Waals surface area (Å²) in [4.78, 5) is 2.21. The zero-order valence-electron chi connectivity index (χ0n) is 9.41. The lowest BCUT2D eigenvalue weighted by Gasteiger charge is -2.21. The minimum Gasteiger partial charge on any atom is -0.359 e. The minimum absolute atomic E-state index is 0.716. The molecule has 0 saturated heterocycles. The smallest absolute Gasteiger partial charge is 0.0798 e. The van der Waals surface area contributed by atoms with Crippen molar-refractivity contribution in [2.75, 3.05) is 18.0 Å². The number of benzene rings is 1. The van der Waals surface area contributed by atoms with Gasteiger partial charge in [0.2, 0.25) is 0 Å². The van der Waals surface area contributed by atoms with E-state index < -0.39 is 0 Å². The molecule has 1 heterocycles. The molecule has 0 bridgehead atoms. The largest absolute Gasteiger partial charge is 0.359 e. The van der Waals surface area contributed by atoms with Crippen molar-refractivity contribution in [1.82, 2.24) is 0 Å².